The molecule has 1 unspecified atom stereocenters. The molecular formula is C13H17NO2. The molecule has 1 aliphatic rings. The zero-order valence-electron chi connectivity index (χ0n) is 9.66. The molecule has 0 saturated heterocycles. The molecule has 1 amide bonds. The van der Waals surface area contributed by atoms with E-state index in [4.69, 9.17) is 5.11 Å². The highest BCUT2D eigenvalue weighted by Gasteiger charge is 2.50. The normalized spacial score (nSPS) is 21.6. The van der Waals surface area contributed by atoms with Gasteiger partial charge < -0.3 is 10.4 Å². The van der Waals surface area contributed by atoms with E-state index in [2.05, 4.69) is 19.2 Å². The second kappa shape index (κ2) is 3.91. The maximum absolute atomic E-state index is 11.8. The Morgan fingerprint density at radius 3 is 2.81 bits per heavy atom. The van der Waals surface area contributed by atoms with Gasteiger partial charge in [-0.1, -0.05) is 26.0 Å². The predicted octanol–water partition coefficient (Wildman–Crippen LogP) is 2.16. The van der Waals surface area contributed by atoms with E-state index in [-0.39, 0.29) is 23.8 Å². The van der Waals surface area contributed by atoms with Crippen molar-refractivity contribution in [3.8, 4) is 0 Å². The SMILES string of the molecule is CC1(C)CC1C(=O)Nc1cccc(CO)c1. The molecule has 0 heterocycles. The van der Waals surface area contributed by atoms with Gasteiger partial charge in [-0.25, -0.2) is 0 Å². The van der Waals surface area contributed by atoms with Gasteiger partial charge >= 0.3 is 0 Å². The molecule has 0 spiro atoms. The van der Waals surface area contributed by atoms with Crippen LogP contribution in [0.4, 0.5) is 5.69 Å². The van der Waals surface area contributed by atoms with Crippen molar-refractivity contribution in [2.75, 3.05) is 5.32 Å². The van der Waals surface area contributed by atoms with Crippen molar-refractivity contribution in [2.45, 2.75) is 26.9 Å². The number of carbonyl (C=O) groups excluding carboxylic acids is 1. The number of hydrogen-bond acceptors (Lipinski definition) is 2. The minimum absolute atomic E-state index is 0.00136. The summed E-state index contributed by atoms with van der Waals surface area (Å²) < 4.78 is 0. The second-order valence-corrected chi connectivity index (χ2v) is 5.09. The monoisotopic (exact) mass is 219 g/mol. The maximum Gasteiger partial charge on any atom is 0.228 e. The summed E-state index contributed by atoms with van der Waals surface area (Å²) in [7, 11) is 0. The number of hydrogen-bond donors (Lipinski definition) is 2. The second-order valence-electron chi connectivity index (χ2n) is 5.09. The molecule has 1 atom stereocenters. The van der Waals surface area contributed by atoms with Crippen molar-refractivity contribution >= 4 is 11.6 Å². The zero-order chi connectivity index (χ0) is 11.8. The number of nitrogens with one attached hydrogen (secondary N) is 1. The van der Waals surface area contributed by atoms with Gasteiger partial charge in [0.05, 0.1) is 6.61 Å². The quantitative estimate of drug-likeness (QED) is 0.818. The standard InChI is InChI=1S/C13H17NO2/c1-13(2)7-11(13)12(16)14-10-5-3-4-9(6-10)8-15/h3-6,11,15H,7-8H2,1-2H3,(H,14,16). The Morgan fingerprint density at radius 2 is 2.25 bits per heavy atom. The highest BCUT2D eigenvalue weighted by atomic mass is 16.3. The van der Waals surface area contributed by atoms with Crippen molar-refractivity contribution in [3.63, 3.8) is 0 Å². The van der Waals surface area contributed by atoms with Crippen LogP contribution in [-0.2, 0) is 11.4 Å². The first-order valence-electron chi connectivity index (χ1n) is 5.53. The number of carbonyl (C=O) groups is 1. The lowest BCUT2D eigenvalue weighted by Crippen LogP contribution is -2.16. The van der Waals surface area contributed by atoms with Gasteiger partial charge in [0.1, 0.15) is 0 Å². The van der Waals surface area contributed by atoms with Crippen LogP contribution in [0.2, 0.25) is 0 Å². The van der Waals surface area contributed by atoms with E-state index in [0.29, 0.717) is 0 Å². The van der Waals surface area contributed by atoms with Gasteiger partial charge in [-0.3, -0.25) is 4.79 Å². The largest absolute Gasteiger partial charge is 0.392 e. The van der Waals surface area contributed by atoms with E-state index in [9.17, 15) is 4.79 Å². The van der Waals surface area contributed by atoms with Crippen LogP contribution in [0.5, 0.6) is 0 Å². The fourth-order valence-corrected chi connectivity index (χ4v) is 1.89. The fraction of sp³-hybridized carbons (Fsp3) is 0.462. The summed E-state index contributed by atoms with van der Waals surface area (Å²) in [5.74, 6) is 0.213. The summed E-state index contributed by atoms with van der Waals surface area (Å²) in [6, 6.07) is 7.30. The Balaban J connectivity index is 2.01. The van der Waals surface area contributed by atoms with E-state index in [0.717, 1.165) is 17.7 Å². The molecule has 3 nitrogen and oxygen atoms in total. The third kappa shape index (κ3) is 2.25. The minimum atomic E-state index is -0.00136. The third-order valence-corrected chi connectivity index (χ3v) is 3.21. The summed E-state index contributed by atoms with van der Waals surface area (Å²) in [6.07, 6.45) is 0.957. The molecule has 2 rings (SSSR count). The van der Waals surface area contributed by atoms with Crippen molar-refractivity contribution in [2.24, 2.45) is 11.3 Å². The lowest BCUT2D eigenvalue weighted by molar-refractivity contribution is -0.118. The molecule has 16 heavy (non-hydrogen) atoms. The molecule has 1 fully saturated rings. The van der Waals surface area contributed by atoms with E-state index in [1.54, 1.807) is 6.07 Å². The average molecular weight is 219 g/mol. The molecule has 1 aromatic rings. The molecule has 2 N–H and O–H groups in total. The van der Waals surface area contributed by atoms with Gasteiger partial charge in [-0.05, 0) is 29.5 Å². The molecule has 0 bridgehead atoms. The molecule has 3 heteroatoms. The Bertz CT molecular complexity index is 412. The summed E-state index contributed by atoms with van der Waals surface area (Å²) in [5.41, 5.74) is 1.73. The summed E-state index contributed by atoms with van der Waals surface area (Å²) in [6.45, 7) is 4.20. The van der Waals surface area contributed by atoms with Crippen LogP contribution in [0.3, 0.4) is 0 Å². The first-order valence-corrected chi connectivity index (χ1v) is 5.53. The Morgan fingerprint density at radius 1 is 1.56 bits per heavy atom. The van der Waals surface area contributed by atoms with E-state index in [1.165, 1.54) is 0 Å². The van der Waals surface area contributed by atoms with Crippen molar-refractivity contribution < 1.29 is 9.90 Å². The first kappa shape index (κ1) is 11.1. The smallest absolute Gasteiger partial charge is 0.228 e. The number of rotatable bonds is 3. The van der Waals surface area contributed by atoms with Crippen LogP contribution < -0.4 is 5.32 Å². The molecule has 86 valence electrons. The lowest BCUT2D eigenvalue weighted by Gasteiger charge is -2.07. The van der Waals surface area contributed by atoms with Crippen molar-refractivity contribution in [1.82, 2.24) is 0 Å². The van der Waals surface area contributed by atoms with Gasteiger partial charge in [0, 0.05) is 11.6 Å². The van der Waals surface area contributed by atoms with Crippen LogP contribution >= 0.6 is 0 Å². The highest BCUT2D eigenvalue weighted by Crippen LogP contribution is 2.51. The van der Waals surface area contributed by atoms with Gasteiger partial charge in [0.15, 0.2) is 0 Å². The van der Waals surface area contributed by atoms with E-state index >= 15 is 0 Å². The van der Waals surface area contributed by atoms with Crippen LogP contribution in [-0.4, -0.2) is 11.0 Å². The van der Waals surface area contributed by atoms with E-state index in [1.807, 2.05) is 18.2 Å². The predicted molar refractivity (Wildman–Crippen MR) is 62.9 cm³/mol. The topological polar surface area (TPSA) is 49.3 Å². The van der Waals surface area contributed by atoms with Crippen molar-refractivity contribution in [1.29, 1.82) is 0 Å². The Labute approximate surface area is 95.5 Å². The number of anilines is 1. The molecule has 1 aliphatic carbocycles. The molecule has 0 radical (unpaired) electrons. The van der Waals surface area contributed by atoms with Gasteiger partial charge in [0.2, 0.25) is 5.91 Å². The first-order chi connectivity index (χ1) is 7.53. The number of aliphatic hydroxyl groups is 1. The molecular weight excluding hydrogens is 202 g/mol. The number of benzene rings is 1. The minimum Gasteiger partial charge on any atom is -0.392 e. The molecule has 1 saturated carbocycles. The number of aliphatic hydroxyl groups excluding tert-OH is 1. The molecule has 1 aromatic carbocycles. The lowest BCUT2D eigenvalue weighted by atomic mass is 10.1. The molecule has 0 aromatic heterocycles. The summed E-state index contributed by atoms with van der Waals surface area (Å²) in [5, 5.41) is 11.9. The van der Waals surface area contributed by atoms with Crippen LogP contribution in [0.25, 0.3) is 0 Å². The van der Waals surface area contributed by atoms with Crippen LogP contribution in [0.15, 0.2) is 24.3 Å². The van der Waals surface area contributed by atoms with Crippen molar-refractivity contribution in [3.05, 3.63) is 29.8 Å². The Hall–Kier alpha value is -1.35. The van der Waals surface area contributed by atoms with E-state index < -0.39 is 0 Å². The van der Waals surface area contributed by atoms with Crippen LogP contribution in [0.1, 0.15) is 25.8 Å². The average Bonchev–Trinajstić information content (AvgIpc) is 2.88. The van der Waals surface area contributed by atoms with Gasteiger partial charge in [0.25, 0.3) is 0 Å². The molecule has 0 aliphatic heterocycles. The van der Waals surface area contributed by atoms with Gasteiger partial charge in [-0.15, -0.1) is 0 Å². The summed E-state index contributed by atoms with van der Waals surface area (Å²) >= 11 is 0. The number of amides is 1. The van der Waals surface area contributed by atoms with Gasteiger partial charge in [-0.2, -0.15) is 0 Å². The third-order valence-electron chi connectivity index (χ3n) is 3.21. The highest BCUT2D eigenvalue weighted by molar-refractivity contribution is 5.95. The zero-order valence-corrected chi connectivity index (χ0v) is 9.66. The fourth-order valence-electron chi connectivity index (χ4n) is 1.89. The van der Waals surface area contributed by atoms with Crippen LogP contribution in [0, 0.1) is 11.3 Å². The summed E-state index contributed by atoms with van der Waals surface area (Å²) in [4.78, 5) is 11.8. The Kier molecular flexibility index (Phi) is 2.72. The maximum atomic E-state index is 11.8.